The number of H-pyrrole nitrogens is 1. The summed E-state index contributed by atoms with van der Waals surface area (Å²) in [5, 5.41) is 0. The molecule has 2 rings (SSSR count). The van der Waals surface area contributed by atoms with Crippen LogP contribution in [0.15, 0.2) is 47.5 Å². The van der Waals surface area contributed by atoms with Gasteiger partial charge in [0.05, 0.1) is 0 Å². The molecule has 0 atom stereocenters. The first-order valence-corrected chi connectivity index (χ1v) is 6.66. The van der Waals surface area contributed by atoms with E-state index in [1.165, 1.54) is 0 Å². The van der Waals surface area contributed by atoms with Gasteiger partial charge in [-0.1, -0.05) is 44.2 Å². The SMILES string of the molecule is CC(C)c1ncc(C/C(=C/N)c2ccccc2)[nH]c1=O. The first kappa shape index (κ1) is 14.1. The molecule has 1 aromatic heterocycles. The predicted octanol–water partition coefficient (Wildman–Crippen LogP) is 2.44. The highest BCUT2D eigenvalue weighted by Gasteiger charge is 2.09. The zero-order chi connectivity index (χ0) is 14.5. The molecule has 0 fully saturated rings. The van der Waals surface area contributed by atoms with Gasteiger partial charge in [-0.15, -0.1) is 0 Å². The van der Waals surface area contributed by atoms with Crippen LogP contribution in [0, 0.1) is 0 Å². The van der Waals surface area contributed by atoms with Gasteiger partial charge in [0.15, 0.2) is 0 Å². The first-order valence-electron chi connectivity index (χ1n) is 6.66. The number of aromatic amines is 1. The van der Waals surface area contributed by atoms with E-state index in [0.29, 0.717) is 12.1 Å². The van der Waals surface area contributed by atoms with Crippen LogP contribution < -0.4 is 11.3 Å². The molecule has 0 radical (unpaired) electrons. The van der Waals surface area contributed by atoms with Crippen LogP contribution in [0.1, 0.15) is 36.7 Å². The lowest BCUT2D eigenvalue weighted by molar-refractivity contribution is 0.787. The number of nitrogens with one attached hydrogen (secondary N) is 1. The molecule has 0 saturated heterocycles. The molecule has 0 amide bonds. The largest absolute Gasteiger partial charge is 0.404 e. The smallest absolute Gasteiger partial charge is 0.270 e. The van der Waals surface area contributed by atoms with E-state index >= 15 is 0 Å². The molecule has 20 heavy (non-hydrogen) atoms. The van der Waals surface area contributed by atoms with Gasteiger partial charge in [-0.3, -0.25) is 9.78 Å². The van der Waals surface area contributed by atoms with Gasteiger partial charge < -0.3 is 10.7 Å². The number of nitrogens with two attached hydrogens (primary N) is 1. The van der Waals surface area contributed by atoms with Crippen LogP contribution in [0.5, 0.6) is 0 Å². The van der Waals surface area contributed by atoms with Gasteiger partial charge in [-0.2, -0.15) is 0 Å². The van der Waals surface area contributed by atoms with Crippen molar-refractivity contribution in [1.82, 2.24) is 9.97 Å². The fourth-order valence-electron chi connectivity index (χ4n) is 2.06. The van der Waals surface area contributed by atoms with Crippen molar-refractivity contribution in [3.63, 3.8) is 0 Å². The van der Waals surface area contributed by atoms with Crippen LogP contribution in [-0.4, -0.2) is 9.97 Å². The van der Waals surface area contributed by atoms with Crippen LogP contribution in [0.2, 0.25) is 0 Å². The Hall–Kier alpha value is -2.36. The highest BCUT2D eigenvalue weighted by Crippen LogP contribution is 2.17. The van der Waals surface area contributed by atoms with E-state index in [0.717, 1.165) is 16.8 Å². The minimum Gasteiger partial charge on any atom is -0.404 e. The van der Waals surface area contributed by atoms with Crippen molar-refractivity contribution >= 4 is 5.57 Å². The van der Waals surface area contributed by atoms with Crippen LogP contribution >= 0.6 is 0 Å². The van der Waals surface area contributed by atoms with Crippen molar-refractivity contribution < 1.29 is 0 Å². The second kappa shape index (κ2) is 6.19. The maximum absolute atomic E-state index is 11.9. The van der Waals surface area contributed by atoms with Crippen molar-refractivity contribution in [1.29, 1.82) is 0 Å². The average molecular weight is 269 g/mol. The highest BCUT2D eigenvalue weighted by atomic mass is 16.1. The third kappa shape index (κ3) is 3.15. The zero-order valence-electron chi connectivity index (χ0n) is 11.8. The third-order valence-corrected chi connectivity index (χ3v) is 3.14. The Bertz CT molecular complexity index is 657. The van der Waals surface area contributed by atoms with Gasteiger partial charge in [-0.25, -0.2) is 0 Å². The topological polar surface area (TPSA) is 71.8 Å². The van der Waals surface area contributed by atoms with E-state index in [1.807, 2.05) is 44.2 Å². The normalized spacial score (nSPS) is 11.8. The molecule has 1 aromatic carbocycles. The third-order valence-electron chi connectivity index (χ3n) is 3.14. The maximum Gasteiger partial charge on any atom is 0.270 e. The number of hydrogen-bond donors (Lipinski definition) is 2. The molecule has 2 aromatic rings. The average Bonchev–Trinajstić information content (AvgIpc) is 2.45. The second-order valence-electron chi connectivity index (χ2n) is 5.01. The molecule has 1 heterocycles. The van der Waals surface area contributed by atoms with E-state index in [1.54, 1.807) is 12.4 Å². The van der Waals surface area contributed by atoms with Crippen molar-refractivity contribution in [3.8, 4) is 0 Å². The summed E-state index contributed by atoms with van der Waals surface area (Å²) in [5.74, 6) is 0.117. The summed E-state index contributed by atoms with van der Waals surface area (Å²) in [5.41, 5.74) is 8.90. The highest BCUT2D eigenvalue weighted by molar-refractivity contribution is 5.66. The summed E-state index contributed by atoms with van der Waals surface area (Å²) >= 11 is 0. The quantitative estimate of drug-likeness (QED) is 0.895. The Labute approximate surface area is 118 Å². The fraction of sp³-hybridized carbons (Fsp3) is 0.250. The van der Waals surface area contributed by atoms with E-state index in [9.17, 15) is 4.79 Å². The Morgan fingerprint density at radius 2 is 2.05 bits per heavy atom. The van der Waals surface area contributed by atoms with Crippen molar-refractivity contribution in [3.05, 3.63) is 70.0 Å². The standard InChI is InChI=1S/C16H19N3O/c1-11(2)15-16(20)19-14(10-18-15)8-13(9-17)12-6-4-3-5-7-12/h3-7,9-11H,8,17H2,1-2H3,(H,19,20)/b13-9-. The number of hydrogen-bond acceptors (Lipinski definition) is 3. The molecule has 0 unspecified atom stereocenters. The summed E-state index contributed by atoms with van der Waals surface area (Å²) < 4.78 is 0. The lowest BCUT2D eigenvalue weighted by Crippen LogP contribution is -2.18. The molecule has 0 aliphatic heterocycles. The molecule has 0 aliphatic carbocycles. The summed E-state index contributed by atoms with van der Waals surface area (Å²) in [4.78, 5) is 19.0. The maximum atomic E-state index is 11.9. The lowest BCUT2D eigenvalue weighted by Gasteiger charge is -2.08. The zero-order valence-corrected chi connectivity index (χ0v) is 11.8. The molecule has 4 nitrogen and oxygen atoms in total. The Morgan fingerprint density at radius 1 is 1.35 bits per heavy atom. The van der Waals surface area contributed by atoms with Crippen molar-refractivity contribution in [2.45, 2.75) is 26.2 Å². The molecule has 0 spiro atoms. The minimum absolute atomic E-state index is 0.117. The number of aromatic nitrogens is 2. The summed E-state index contributed by atoms with van der Waals surface area (Å²) in [6.45, 7) is 3.90. The Morgan fingerprint density at radius 3 is 2.60 bits per heavy atom. The van der Waals surface area contributed by atoms with Crippen LogP contribution in [0.25, 0.3) is 5.57 Å². The fourth-order valence-corrected chi connectivity index (χ4v) is 2.06. The molecular formula is C16H19N3O. The van der Waals surface area contributed by atoms with Gasteiger partial charge in [0, 0.05) is 24.2 Å². The Balaban J connectivity index is 2.26. The second-order valence-corrected chi connectivity index (χ2v) is 5.01. The number of rotatable bonds is 4. The molecule has 0 saturated carbocycles. The summed E-state index contributed by atoms with van der Waals surface area (Å²) in [6.07, 6.45) is 3.84. The summed E-state index contributed by atoms with van der Waals surface area (Å²) in [7, 11) is 0. The molecule has 0 bridgehead atoms. The van der Waals surface area contributed by atoms with Gasteiger partial charge in [0.25, 0.3) is 5.56 Å². The van der Waals surface area contributed by atoms with Gasteiger partial charge >= 0.3 is 0 Å². The lowest BCUT2D eigenvalue weighted by atomic mass is 10.0. The number of nitrogens with zero attached hydrogens (tertiary/aromatic N) is 1. The Kier molecular flexibility index (Phi) is 4.35. The minimum atomic E-state index is -0.123. The molecule has 3 N–H and O–H groups in total. The molecule has 104 valence electrons. The van der Waals surface area contributed by atoms with Crippen molar-refractivity contribution in [2.75, 3.05) is 0 Å². The van der Waals surface area contributed by atoms with Crippen LogP contribution in [0.4, 0.5) is 0 Å². The molecular weight excluding hydrogens is 250 g/mol. The molecule has 4 heteroatoms. The summed E-state index contributed by atoms with van der Waals surface area (Å²) in [6, 6.07) is 9.86. The van der Waals surface area contributed by atoms with E-state index in [-0.39, 0.29) is 11.5 Å². The van der Waals surface area contributed by atoms with E-state index in [2.05, 4.69) is 9.97 Å². The van der Waals surface area contributed by atoms with Crippen LogP contribution in [-0.2, 0) is 6.42 Å². The van der Waals surface area contributed by atoms with Gasteiger partial charge in [0.2, 0.25) is 0 Å². The van der Waals surface area contributed by atoms with Crippen molar-refractivity contribution in [2.24, 2.45) is 5.73 Å². The van der Waals surface area contributed by atoms with Gasteiger partial charge in [0.1, 0.15) is 5.69 Å². The number of allylic oxidation sites excluding steroid dienone is 1. The van der Waals surface area contributed by atoms with E-state index in [4.69, 9.17) is 5.73 Å². The first-order chi connectivity index (χ1) is 9.61. The number of benzene rings is 1. The monoisotopic (exact) mass is 269 g/mol. The van der Waals surface area contributed by atoms with Gasteiger partial charge in [-0.05, 0) is 17.3 Å². The predicted molar refractivity (Wildman–Crippen MR) is 81.3 cm³/mol. The van der Waals surface area contributed by atoms with E-state index < -0.39 is 0 Å². The van der Waals surface area contributed by atoms with Crippen LogP contribution in [0.3, 0.4) is 0 Å². The molecule has 0 aliphatic rings.